The summed E-state index contributed by atoms with van der Waals surface area (Å²) < 4.78 is 22.2. The van der Waals surface area contributed by atoms with Crippen LogP contribution in [0, 0.1) is 5.82 Å². The third kappa shape index (κ3) is 4.96. The Kier molecular flexibility index (Phi) is 7.31. The van der Waals surface area contributed by atoms with Gasteiger partial charge in [0.05, 0.1) is 25.9 Å². The van der Waals surface area contributed by atoms with Crippen molar-refractivity contribution >= 4 is 22.8 Å². The third-order valence-corrected chi connectivity index (χ3v) is 10.2. The maximum atomic E-state index is 15.4. The molecule has 46 heavy (non-hydrogen) atoms. The average molecular weight is 624 g/mol. The van der Waals surface area contributed by atoms with E-state index in [1.54, 1.807) is 19.3 Å². The van der Waals surface area contributed by atoms with Crippen LogP contribution in [0.1, 0.15) is 42.4 Å². The first-order valence-electron chi connectivity index (χ1n) is 16.3. The largest absolute Gasteiger partial charge is 0.392 e. The van der Waals surface area contributed by atoms with Gasteiger partial charge in [-0.1, -0.05) is 6.07 Å². The number of nitrogens with one attached hydrogen (secondary N) is 1. The molecular formula is C36H38FN5O4. The fourth-order valence-corrected chi connectivity index (χ4v) is 7.65. The summed E-state index contributed by atoms with van der Waals surface area (Å²) in [7, 11) is 1.67. The molecule has 10 heteroatoms. The summed E-state index contributed by atoms with van der Waals surface area (Å²) in [6, 6.07) is 11.3. The molecule has 0 spiro atoms. The van der Waals surface area contributed by atoms with Crippen molar-refractivity contribution in [3.63, 3.8) is 0 Å². The Morgan fingerprint density at radius 3 is 2.65 bits per heavy atom. The average Bonchev–Trinajstić information content (AvgIpc) is 3.33. The van der Waals surface area contributed by atoms with Gasteiger partial charge in [-0.3, -0.25) is 14.5 Å². The quantitative estimate of drug-likeness (QED) is 0.413. The Morgan fingerprint density at radius 1 is 1.00 bits per heavy atom. The maximum absolute atomic E-state index is 15.4. The van der Waals surface area contributed by atoms with Gasteiger partial charge in [0.15, 0.2) is 0 Å². The monoisotopic (exact) mass is 623 g/mol. The zero-order chi connectivity index (χ0) is 31.5. The maximum Gasteiger partial charge on any atom is 0.274 e. The normalized spacial score (nSPS) is 19.9. The number of aliphatic hydroxyl groups excluding tert-OH is 1. The molecule has 3 aromatic rings. The number of aliphatic hydroxyl groups is 1. The number of ether oxygens (including phenoxy) is 1. The van der Waals surface area contributed by atoms with Gasteiger partial charge in [0.25, 0.3) is 5.56 Å². The Labute approximate surface area is 267 Å². The minimum atomic E-state index is -0.459. The molecule has 5 aliphatic rings. The predicted octanol–water partition coefficient (Wildman–Crippen LogP) is 4.56. The Morgan fingerprint density at radius 2 is 1.85 bits per heavy atom. The van der Waals surface area contributed by atoms with E-state index in [9.17, 15) is 14.7 Å². The summed E-state index contributed by atoms with van der Waals surface area (Å²) in [5.74, 6) is -0.401. The van der Waals surface area contributed by atoms with Gasteiger partial charge in [-0.25, -0.2) is 4.39 Å². The highest BCUT2D eigenvalue weighted by Crippen LogP contribution is 2.41. The molecule has 5 heterocycles. The lowest BCUT2D eigenvalue weighted by molar-refractivity contribution is -0.112. The first-order chi connectivity index (χ1) is 22.4. The number of nitrogens with zero attached hydrogens (tertiary/aromatic N) is 4. The first-order valence-corrected chi connectivity index (χ1v) is 16.3. The zero-order valence-electron chi connectivity index (χ0n) is 26.0. The van der Waals surface area contributed by atoms with Crippen LogP contribution in [0.2, 0.25) is 0 Å². The third-order valence-electron chi connectivity index (χ3n) is 10.2. The summed E-state index contributed by atoms with van der Waals surface area (Å²) in [6.45, 7) is 4.30. The molecule has 0 unspecified atom stereocenters. The van der Waals surface area contributed by atoms with Crippen molar-refractivity contribution in [1.82, 2.24) is 14.4 Å². The molecule has 238 valence electrons. The topological polar surface area (TPSA) is 90.3 Å². The van der Waals surface area contributed by atoms with E-state index in [4.69, 9.17) is 4.74 Å². The number of allylic oxidation sites excluding steroid dienone is 2. The smallest absolute Gasteiger partial charge is 0.274 e. The van der Waals surface area contributed by atoms with Crippen LogP contribution in [0.4, 0.5) is 21.5 Å². The van der Waals surface area contributed by atoms with Crippen molar-refractivity contribution < 1.29 is 19.0 Å². The van der Waals surface area contributed by atoms with E-state index in [1.165, 1.54) is 27.8 Å². The molecular weight excluding hydrogens is 585 g/mol. The van der Waals surface area contributed by atoms with Gasteiger partial charge in [0.1, 0.15) is 17.2 Å². The van der Waals surface area contributed by atoms with Gasteiger partial charge < -0.3 is 29.5 Å². The highest BCUT2D eigenvalue weighted by molar-refractivity contribution is 6.11. The summed E-state index contributed by atoms with van der Waals surface area (Å²) in [5.41, 5.74) is 8.35. The van der Waals surface area contributed by atoms with E-state index in [0.29, 0.717) is 52.9 Å². The molecule has 2 N–H and O–H groups in total. The van der Waals surface area contributed by atoms with Crippen LogP contribution in [0.3, 0.4) is 0 Å². The molecule has 2 aromatic carbocycles. The number of aromatic nitrogens is 1. The number of pyridine rings is 1. The fraction of sp³-hybridized carbons (Fsp3) is 0.389. The molecule has 1 aliphatic carbocycles. The molecule has 9 nitrogen and oxygen atoms in total. The molecule has 0 amide bonds. The number of hydrogen-bond donors (Lipinski definition) is 2. The lowest BCUT2D eigenvalue weighted by atomic mass is 9.96. The number of ketones is 1. The number of carbonyl (C=O) groups is 1. The molecule has 1 fully saturated rings. The van der Waals surface area contributed by atoms with Crippen LogP contribution < -0.4 is 15.8 Å². The minimum Gasteiger partial charge on any atom is -0.392 e. The van der Waals surface area contributed by atoms with Gasteiger partial charge in [-0.2, -0.15) is 0 Å². The number of Topliss-reactive ketones (excluding diaryl/α,β-unsaturated/α-hetero) is 1. The predicted molar refractivity (Wildman–Crippen MR) is 174 cm³/mol. The number of carbonyl (C=O) groups excluding carboxylic acids is 1. The van der Waals surface area contributed by atoms with E-state index in [2.05, 4.69) is 27.2 Å². The second kappa shape index (κ2) is 11.5. The van der Waals surface area contributed by atoms with Crippen molar-refractivity contribution in [2.24, 2.45) is 7.05 Å². The standard InChI is InChI=1S/C36H38FN5O4/c1-39-16-24(13-31(36(39)45)38-26-7-6-23-17-40(27-20-46-21-27)9-8-22(23)12-26)29-14-25(37)15-33(30(29)19-43)41-10-11-42-32-5-3-2-4-28(32)35(44)34(42)18-41/h6-7,12-16,18,27,38,43H,2-5,8-11,17,19-21H2,1H3. The van der Waals surface area contributed by atoms with E-state index >= 15 is 4.39 Å². The summed E-state index contributed by atoms with van der Waals surface area (Å²) >= 11 is 0. The number of aryl methyl sites for hydroxylation is 1. The molecule has 4 aliphatic heterocycles. The van der Waals surface area contributed by atoms with Crippen molar-refractivity contribution in [1.29, 1.82) is 0 Å². The second-order valence-electron chi connectivity index (χ2n) is 13.0. The Hall–Kier alpha value is -4.25. The zero-order valence-corrected chi connectivity index (χ0v) is 26.0. The van der Waals surface area contributed by atoms with Gasteiger partial charge >= 0.3 is 0 Å². The summed E-state index contributed by atoms with van der Waals surface area (Å²) in [4.78, 5) is 33.0. The van der Waals surface area contributed by atoms with Crippen LogP contribution in [-0.2, 0) is 36.2 Å². The fourth-order valence-electron chi connectivity index (χ4n) is 7.65. The minimum absolute atomic E-state index is 0.0582. The highest BCUT2D eigenvalue weighted by Gasteiger charge is 2.38. The molecule has 1 aromatic heterocycles. The molecule has 1 saturated heterocycles. The van der Waals surface area contributed by atoms with Gasteiger partial charge in [-0.05, 0) is 79.1 Å². The molecule has 0 atom stereocenters. The van der Waals surface area contributed by atoms with Crippen molar-refractivity contribution in [3.8, 4) is 11.1 Å². The number of benzene rings is 2. The lowest BCUT2D eigenvalue weighted by Crippen LogP contribution is -2.50. The molecule has 8 rings (SSSR count). The number of anilines is 3. The van der Waals surface area contributed by atoms with Gasteiger partial charge in [0.2, 0.25) is 5.78 Å². The van der Waals surface area contributed by atoms with Crippen LogP contribution in [0.25, 0.3) is 11.1 Å². The van der Waals surface area contributed by atoms with Crippen LogP contribution in [0.5, 0.6) is 0 Å². The van der Waals surface area contributed by atoms with Crippen LogP contribution >= 0.6 is 0 Å². The van der Waals surface area contributed by atoms with Gasteiger partial charge in [-0.15, -0.1) is 0 Å². The highest BCUT2D eigenvalue weighted by atomic mass is 19.1. The molecule has 0 radical (unpaired) electrons. The number of hydrogen-bond acceptors (Lipinski definition) is 8. The first kappa shape index (κ1) is 29.2. The molecule has 0 bridgehead atoms. The van der Waals surface area contributed by atoms with E-state index < -0.39 is 5.82 Å². The Balaban J connectivity index is 1.11. The molecule has 0 saturated carbocycles. The number of halogens is 1. The van der Waals surface area contributed by atoms with Crippen molar-refractivity contribution in [2.45, 2.75) is 51.3 Å². The Bertz CT molecular complexity index is 1880. The van der Waals surface area contributed by atoms with E-state index in [0.717, 1.165) is 75.4 Å². The van der Waals surface area contributed by atoms with Crippen molar-refractivity contribution in [3.05, 3.63) is 98.6 Å². The van der Waals surface area contributed by atoms with Crippen LogP contribution in [0.15, 0.2) is 70.6 Å². The van der Waals surface area contributed by atoms with Crippen LogP contribution in [-0.4, -0.2) is 64.1 Å². The second-order valence-corrected chi connectivity index (χ2v) is 13.0. The summed E-state index contributed by atoms with van der Waals surface area (Å²) in [6.07, 6.45) is 8.23. The van der Waals surface area contributed by atoms with Gasteiger partial charge in [0, 0.05) is 79.4 Å². The van der Waals surface area contributed by atoms with Crippen molar-refractivity contribution in [2.75, 3.05) is 43.1 Å². The summed E-state index contributed by atoms with van der Waals surface area (Å²) in [5, 5.41) is 14.0. The number of rotatable bonds is 6. The van der Waals surface area contributed by atoms with E-state index in [-0.39, 0.29) is 17.9 Å². The van der Waals surface area contributed by atoms with E-state index in [1.807, 2.05) is 17.2 Å². The SMILES string of the molecule is Cn1cc(-c2cc(F)cc(N3C=C4C(=O)C5=C(CCCC5)N4CC3)c2CO)cc(Nc2ccc3c(c2)CCN(C2COC2)C3)c1=O. The lowest BCUT2D eigenvalue weighted by Gasteiger charge is -2.40. The number of fused-ring (bicyclic) bond motifs is 3.